The Hall–Kier alpha value is -2.33. The SMILES string of the molecule is C=C(C)COc1ccc(CNCc2cccnc2)cc1OC. The van der Waals surface area contributed by atoms with Crippen molar-refractivity contribution in [3.05, 3.63) is 66.0 Å². The molecular formula is C18H22N2O2. The van der Waals surface area contributed by atoms with Gasteiger partial charge in [0.2, 0.25) is 0 Å². The summed E-state index contributed by atoms with van der Waals surface area (Å²) in [7, 11) is 1.65. The van der Waals surface area contributed by atoms with Crippen molar-refractivity contribution in [1.82, 2.24) is 10.3 Å². The van der Waals surface area contributed by atoms with Crippen LogP contribution in [-0.4, -0.2) is 18.7 Å². The zero-order valence-electron chi connectivity index (χ0n) is 13.1. The number of nitrogens with one attached hydrogen (secondary N) is 1. The summed E-state index contributed by atoms with van der Waals surface area (Å²) < 4.78 is 11.1. The maximum atomic E-state index is 5.67. The summed E-state index contributed by atoms with van der Waals surface area (Å²) in [4.78, 5) is 4.10. The second kappa shape index (κ2) is 8.20. The second-order valence-electron chi connectivity index (χ2n) is 5.20. The fourth-order valence-corrected chi connectivity index (χ4v) is 2.00. The molecule has 0 saturated carbocycles. The molecule has 0 spiro atoms. The smallest absolute Gasteiger partial charge is 0.161 e. The number of ether oxygens (including phenoxy) is 2. The number of benzene rings is 1. The molecule has 1 heterocycles. The minimum atomic E-state index is 0.495. The Morgan fingerprint density at radius 3 is 2.68 bits per heavy atom. The molecule has 0 aliphatic carbocycles. The van der Waals surface area contributed by atoms with Crippen LogP contribution in [-0.2, 0) is 13.1 Å². The highest BCUT2D eigenvalue weighted by Gasteiger charge is 2.06. The molecule has 4 heteroatoms. The van der Waals surface area contributed by atoms with Crippen molar-refractivity contribution in [2.75, 3.05) is 13.7 Å². The van der Waals surface area contributed by atoms with E-state index >= 15 is 0 Å². The molecule has 0 aliphatic rings. The average Bonchev–Trinajstić information content (AvgIpc) is 2.54. The summed E-state index contributed by atoms with van der Waals surface area (Å²) in [5, 5.41) is 3.39. The monoisotopic (exact) mass is 298 g/mol. The summed E-state index contributed by atoms with van der Waals surface area (Å²) in [6.45, 7) is 7.80. The van der Waals surface area contributed by atoms with E-state index in [9.17, 15) is 0 Å². The van der Waals surface area contributed by atoms with E-state index in [1.54, 1.807) is 13.3 Å². The van der Waals surface area contributed by atoms with Crippen molar-refractivity contribution in [2.45, 2.75) is 20.0 Å². The van der Waals surface area contributed by atoms with Crippen LogP contribution in [0.2, 0.25) is 0 Å². The van der Waals surface area contributed by atoms with Crippen molar-refractivity contribution >= 4 is 0 Å². The predicted molar refractivity (Wildman–Crippen MR) is 88.1 cm³/mol. The Bertz CT molecular complexity index is 612. The van der Waals surface area contributed by atoms with Crippen LogP contribution in [0, 0.1) is 0 Å². The van der Waals surface area contributed by atoms with E-state index < -0.39 is 0 Å². The van der Waals surface area contributed by atoms with E-state index in [1.807, 2.05) is 37.4 Å². The predicted octanol–water partition coefficient (Wildman–Crippen LogP) is 3.33. The van der Waals surface area contributed by atoms with Gasteiger partial charge in [0.15, 0.2) is 11.5 Å². The lowest BCUT2D eigenvalue weighted by Crippen LogP contribution is -2.13. The first-order chi connectivity index (χ1) is 10.7. The van der Waals surface area contributed by atoms with Crippen LogP contribution in [0.1, 0.15) is 18.1 Å². The summed E-state index contributed by atoms with van der Waals surface area (Å²) in [6.07, 6.45) is 3.64. The van der Waals surface area contributed by atoms with Crippen LogP contribution in [0.25, 0.3) is 0 Å². The van der Waals surface area contributed by atoms with Gasteiger partial charge in [0, 0.05) is 25.5 Å². The van der Waals surface area contributed by atoms with Crippen molar-refractivity contribution < 1.29 is 9.47 Å². The normalized spacial score (nSPS) is 10.3. The van der Waals surface area contributed by atoms with Crippen molar-refractivity contribution in [3.8, 4) is 11.5 Å². The molecule has 116 valence electrons. The molecule has 2 rings (SSSR count). The van der Waals surface area contributed by atoms with E-state index in [4.69, 9.17) is 9.47 Å². The van der Waals surface area contributed by atoms with Gasteiger partial charge in [-0.1, -0.05) is 18.7 Å². The van der Waals surface area contributed by atoms with Crippen LogP contribution in [0.3, 0.4) is 0 Å². The van der Waals surface area contributed by atoms with Gasteiger partial charge in [-0.05, 0) is 41.8 Å². The number of pyridine rings is 1. The second-order valence-corrected chi connectivity index (χ2v) is 5.20. The van der Waals surface area contributed by atoms with Crippen LogP contribution in [0.5, 0.6) is 11.5 Å². The number of hydrogen-bond donors (Lipinski definition) is 1. The highest BCUT2D eigenvalue weighted by molar-refractivity contribution is 5.43. The standard InChI is InChI=1S/C18H22N2O2/c1-14(2)13-22-17-7-6-15(9-18(17)21-3)10-20-12-16-5-4-8-19-11-16/h4-9,11,20H,1,10,12-13H2,2-3H3. The van der Waals surface area contributed by atoms with Gasteiger partial charge in [-0.3, -0.25) is 4.98 Å². The molecule has 0 bridgehead atoms. The first-order valence-corrected chi connectivity index (χ1v) is 7.22. The molecule has 0 atom stereocenters. The van der Waals surface area contributed by atoms with E-state index in [0.717, 1.165) is 41.3 Å². The van der Waals surface area contributed by atoms with E-state index in [1.165, 1.54) is 0 Å². The summed E-state index contributed by atoms with van der Waals surface area (Å²) in [5.74, 6) is 1.48. The number of rotatable bonds is 8. The maximum Gasteiger partial charge on any atom is 0.161 e. The maximum absolute atomic E-state index is 5.67. The quantitative estimate of drug-likeness (QED) is 0.759. The van der Waals surface area contributed by atoms with Gasteiger partial charge < -0.3 is 14.8 Å². The van der Waals surface area contributed by atoms with Gasteiger partial charge >= 0.3 is 0 Å². The molecule has 0 aliphatic heterocycles. The van der Waals surface area contributed by atoms with E-state index in [0.29, 0.717) is 6.61 Å². The molecule has 0 radical (unpaired) electrons. The number of hydrogen-bond acceptors (Lipinski definition) is 4. The van der Waals surface area contributed by atoms with Crippen molar-refractivity contribution in [3.63, 3.8) is 0 Å². The molecule has 1 aromatic heterocycles. The summed E-state index contributed by atoms with van der Waals surface area (Å²) >= 11 is 0. The van der Waals surface area contributed by atoms with Crippen LogP contribution in [0.4, 0.5) is 0 Å². The molecule has 1 N–H and O–H groups in total. The Morgan fingerprint density at radius 1 is 1.18 bits per heavy atom. The lowest BCUT2D eigenvalue weighted by atomic mass is 10.2. The van der Waals surface area contributed by atoms with Crippen molar-refractivity contribution in [2.24, 2.45) is 0 Å². The van der Waals surface area contributed by atoms with Gasteiger partial charge in [0.25, 0.3) is 0 Å². The zero-order chi connectivity index (χ0) is 15.8. The molecule has 4 nitrogen and oxygen atoms in total. The average molecular weight is 298 g/mol. The molecule has 22 heavy (non-hydrogen) atoms. The summed E-state index contributed by atoms with van der Waals surface area (Å²) in [5.41, 5.74) is 3.28. The lowest BCUT2D eigenvalue weighted by Gasteiger charge is -2.12. The first kappa shape index (κ1) is 16.0. The highest BCUT2D eigenvalue weighted by Crippen LogP contribution is 2.28. The van der Waals surface area contributed by atoms with E-state index in [2.05, 4.69) is 22.9 Å². The molecule has 0 saturated heterocycles. The Kier molecular flexibility index (Phi) is 5.98. The number of methoxy groups -OCH3 is 1. The lowest BCUT2D eigenvalue weighted by molar-refractivity contribution is 0.319. The van der Waals surface area contributed by atoms with Crippen LogP contribution < -0.4 is 14.8 Å². The Labute approximate surface area is 131 Å². The summed E-state index contributed by atoms with van der Waals surface area (Å²) in [6, 6.07) is 9.95. The number of aromatic nitrogens is 1. The van der Waals surface area contributed by atoms with Crippen LogP contribution in [0.15, 0.2) is 54.9 Å². The molecule has 0 amide bonds. The third-order valence-electron chi connectivity index (χ3n) is 3.08. The number of nitrogens with zero attached hydrogens (tertiary/aromatic N) is 1. The molecule has 0 unspecified atom stereocenters. The minimum absolute atomic E-state index is 0.495. The fraction of sp³-hybridized carbons (Fsp3) is 0.278. The van der Waals surface area contributed by atoms with Gasteiger partial charge in [-0.25, -0.2) is 0 Å². The highest BCUT2D eigenvalue weighted by atomic mass is 16.5. The molecule has 1 aromatic carbocycles. The third-order valence-corrected chi connectivity index (χ3v) is 3.08. The largest absolute Gasteiger partial charge is 0.493 e. The van der Waals surface area contributed by atoms with Gasteiger partial charge in [-0.2, -0.15) is 0 Å². The van der Waals surface area contributed by atoms with Gasteiger partial charge in [0.05, 0.1) is 7.11 Å². The Morgan fingerprint density at radius 2 is 2.00 bits per heavy atom. The van der Waals surface area contributed by atoms with E-state index in [-0.39, 0.29) is 0 Å². The molecular weight excluding hydrogens is 276 g/mol. The van der Waals surface area contributed by atoms with Crippen molar-refractivity contribution in [1.29, 1.82) is 0 Å². The van der Waals surface area contributed by atoms with Crippen LogP contribution >= 0.6 is 0 Å². The van der Waals surface area contributed by atoms with Gasteiger partial charge in [0.1, 0.15) is 6.61 Å². The van der Waals surface area contributed by atoms with Gasteiger partial charge in [-0.15, -0.1) is 0 Å². The Balaban J connectivity index is 1.92. The molecule has 2 aromatic rings. The first-order valence-electron chi connectivity index (χ1n) is 7.22. The molecule has 0 fully saturated rings. The topological polar surface area (TPSA) is 43.4 Å². The third kappa shape index (κ3) is 4.90. The minimum Gasteiger partial charge on any atom is -0.493 e. The zero-order valence-corrected chi connectivity index (χ0v) is 13.1. The fourth-order valence-electron chi connectivity index (χ4n) is 2.00.